The molecule has 1 unspecified atom stereocenters. The zero-order valence-electron chi connectivity index (χ0n) is 13.2. The van der Waals surface area contributed by atoms with Gasteiger partial charge in [0.15, 0.2) is 0 Å². The molecule has 0 fully saturated rings. The van der Waals surface area contributed by atoms with Gasteiger partial charge in [0.25, 0.3) is 0 Å². The van der Waals surface area contributed by atoms with Crippen molar-refractivity contribution in [3.8, 4) is 0 Å². The van der Waals surface area contributed by atoms with Crippen LogP contribution in [0.25, 0.3) is 0 Å². The highest BCUT2D eigenvalue weighted by Crippen LogP contribution is 2.08. The molecule has 0 aliphatic heterocycles. The molecule has 0 bridgehead atoms. The number of amides is 1. The second-order valence-electron chi connectivity index (χ2n) is 5.39. The maximum Gasteiger partial charge on any atom is 0.328 e. The standard InChI is InChI=1S/C17H25NO4/c1-3-22-17(21)15(18-16(20)11-13(2)12-19)10-9-14-7-5-4-6-8-14/h4-8,13,15,19H,3,9-12H2,1-2H3,(H,18,20)/t13?,15-/m0/s1. The number of benzene rings is 1. The first-order valence-electron chi connectivity index (χ1n) is 7.67. The first-order chi connectivity index (χ1) is 10.6. The van der Waals surface area contributed by atoms with Crippen LogP contribution in [-0.2, 0) is 20.7 Å². The number of aliphatic hydroxyl groups is 1. The zero-order valence-corrected chi connectivity index (χ0v) is 13.2. The fourth-order valence-corrected chi connectivity index (χ4v) is 2.08. The van der Waals surface area contributed by atoms with Crippen LogP contribution in [0.3, 0.4) is 0 Å². The lowest BCUT2D eigenvalue weighted by Crippen LogP contribution is -2.42. The average molecular weight is 307 g/mol. The quantitative estimate of drug-likeness (QED) is 0.681. The third-order valence-electron chi connectivity index (χ3n) is 3.32. The van der Waals surface area contributed by atoms with E-state index in [4.69, 9.17) is 9.84 Å². The summed E-state index contributed by atoms with van der Waals surface area (Å²) < 4.78 is 5.02. The normalized spacial score (nSPS) is 13.2. The molecule has 0 saturated heterocycles. The predicted molar refractivity (Wildman–Crippen MR) is 84.2 cm³/mol. The van der Waals surface area contributed by atoms with Crippen LogP contribution in [0.5, 0.6) is 0 Å². The number of nitrogens with one attached hydrogen (secondary N) is 1. The lowest BCUT2D eigenvalue weighted by molar-refractivity contribution is -0.147. The Morgan fingerprint density at radius 3 is 2.55 bits per heavy atom. The van der Waals surface area contributed by atoms with E-state index in [0.717, 1.165) is 5.56 Å². The third-order valence-corrected chi connectivity index (χ3v) is 3.32. The summed E-state index contributed by atoms with van der Waals surface area (Å²) in [5.41, 5.74) is 1.11. The van der Waals surface area contributed by atoms with Crippen molar-refractivity contribution in [1.82, 2.24) is 5.32 Å². The third kappa shape index (κ3) is 6.72. The van der Waals surface area contributed by atoms with Gasteiger partial charge in [-0.05, 0) is 31.2 Å². The van der Waals surface area contributed by atoms with Gasteiger partial charge in [-0.3, -0.25) is 4.79 Å². The largest absolute Gasteiger partial charge is 0.464 e. The molecule has 0 aliphatic carbocycles. The Hall–Kier alpha value is -1.88. The van der Waals surface area contributed by atoms with Crippen molar-refractivity contribution in [3.05, 3.63) is 35.9 Å². The number of aliphatic hydroxyl groups excluding tert-OH is 1. The van der Waals surface area contributed by atoms with Crippen molar-refractivity contribution in [2.75, 3.05) is 13.2 Å². The second-order valence-corrected chi connectivity index (χ2v) is 5.39. The molecule has 1 aromatic rings. The number of carbonyl (C=O) groups is 2. The fraction of sp³-hybridized carbons (Fsp3) is 0.529. The number of carbonyl (C=O) groups excluding carboxylic acids is 2. The molecule has 122 valence electrons. The van der Waals surface area contributed by atoms with Crippen LogP contribution in [0.15, 0.2) is 30.3 Å². The molecule has 2 atom stereocenters. The number of rotatable bonds is 9. The van der Waals surface area contributed by atoms with Gasteiger partial charge in [-0.25, -0.2) is 4.79 Å². The van der Waals surface area contributed by atoms with Crippen molar-refractivity contribution in [2.24, 2.45) is 5.92 Å². The highest BCUT2D eigenvalue weighted by molar-refractivity contribution is 5.84. The fourth-order valence-electron chi connectivity index (χ4n) is 2.08. The molecule has 2 N–H and O–H groups in total. The average Bonchev–Trinajstić information content (AvgIpc) is 2.52. The topological polar surface area (TPSA) is 75.6 Å². The van der Waals surface area contributed by atoms with E-state index in [9.17, 15) is 9.59 Å². The zero-order chi connectivity index (χ0) is 16.4. The van der Waals surface area contributed by atoms with Gasteiger partial charge >= 0.3 is 5.97 Å². The van der Waals surface area contributed by atoms with Gasteiger partial charge in [-0.1, -0.05) is 37.3 Å². The molecule has 0 spiro atoms. The Kier molecular flexibility index (Phi) is 8.22. The van der Waals surface area contributed by atoms with Crippen molar-refractivity contribution in [3.63, 3.8) is 0 Å². The SMILES string of the molecule is CCOC(=O)[C@H](CCc1ccccc1)NC(=O)CC(C)CO. The number of hydrogen-bond acceptors (Lipinski definition) is 4. The predicted octanol–water partition coefficient (Wildman–Crippen LogP) is 1.69. The molecule has 0 heterocycles. The number of esters is 1. The molecule has 1 aromatic carbocycles. The van der Waals surface area contributed by atoms with Crippen molar-refractivity contribution >= 4 is 11.9 Å². The van der Waals surface area contributed by atoms with Crippen molar-refractivity contribution < 1.29 is 19.4 Å². The molecular weight excluding hydrogens is 282 g/mol. The van der Waals surface area contributed by atoms with Gasteiger partial charge in [-0.15, -0.1) is 0 Å². The number of ether oxygens (including phenoxy) is 1. The minimum Gasteiger partial charge on any atom is -0.464 e. The first-order valence-corrected chi connectivity index (χ1v) is 7.67. The lowest BCUT2D eigenvalue weighted by Gasteiger charge is -2.18. The Morgan fingerprint density at radius 1 is 1.27 bits per heavy atom. The van der Waals surface area contributed by atoms with E-state index < -0.39 is 12.0 Å². The van der Waals surface area contributed by atoms with Gasteiger partial charge in [0, 0.05) is 13.0 Å². The molecule has 1 amide bonds. The van der Waals surface area contributed by atoms with Gasteiger partial charge in [0.2, 0.25) is 5.91 Å². The Balaban J connectivity index is 2.59. The van der Waals surface area contributed by atoms with Crippen molar-refractivity contribution in [2.45, 2.75) is 39.2 Å². The van der Waals surface area contributed by atoms with Crippen LogP contribution < -0.4 is 5.32 Å². The van der Waals surface area contributed by atoms with Crippen LogP contribution >= 0.6 is 0 Å². The van der Waals surface area contributed by atoms with Crippen LogP contribution in [0, 0.1) is 5.92 Å². The van der Waals surface area contributed by atoms with E-state index in [-0.39, 0.29) is 31.5 Å². The summed E-state index contributed by atoms with van der Waals surface area (Å²) in [6.45, 7) is 3.75. The lowest BCUT2D eigenvalue weighted by atomic mass is 10.0. The highest BCUT2D eigenvalue weighted by Gasteiger charge is 2.22. The molecule has 5 nitrogen and oxygen atoms in total. The van der Waals surface area contributed by atoms with Crippen LogP contribution in [0.2, 0.25) is 0 Å². The van der Waals surface area contributed by atoms with Crippen molar-refractivity contribution in [1.29, 1.82) is 0 Å². The Bertz CT molecular complexity index is 461. The van der Waals surface area contributed by atoms with E-state index in [2.05, 4.69) is 5.32 Å². The summed E-state index contributed by atoms with van der Waals surface area (Å²) >= 11 is 0. The van der Waals surface area contributed by atoms with Crippen LogP contribution in [0.1, 0.15) is 32.3 Å². The van der Waals surface area contributed by atoms with Gasteiger partial charge in [-0.2, -0.15) is 0 Å². The molecule has 0 radical (unpaired) electrons. The molecule has 0 aromatic heterocycles. The maximum absolute atomic E-state index is 12.0. The summed E-state index contributed by atoms with van der Waals surface area (Å²) in [5.74, 6) is -0.784. The Morgan fingerprint density at radius 2 is 1.95 bits per heavy atom. The van der Waals surface area contributed by atoms with Gasteiger partial charge < -0.3 is 15.2 Å². The molecule has 1 rings (SSSR count). The van der Waals surface area contributed by atoms with E-state index >= 15 is 0 Å². The minimum atomic E-state index is -0.654. The smallest absolute Gasteiger partial charge is 0.328 e. The summed E-state index contributed by atoms with van der Waals surface area (Å²) in [6, 6.07) is 9.13. The maximum atomic E-state index is 12.0. The molecule has 0 saturated carbocycles. The molecule has 22 heavy (non-hydrogen) atoms. The van der Waals surface area contributed by atoms with Crippen LogP contribution in [-0.4, -0.2) is 36.2 Å². The number of hydrogen-bond donors (Lipinski definition) is 2. The summed E-state index contributed by atoms with van der Waals surface area (Å²) in [4.78, 5) is 23.9. The minimum absolute atomic E-state index is 0.0541. The summed E-state index contributed by atoms with van der Waals surface area (Å²) in [5, 5.41) is 11.7. The first kappa shape index (κ1) is 18.2. The van der Waals surface area contributed by atoms with E-state index in [1.807, 2.05) is 30.3 Å². The second kappa shape index (κ2) is 9.95. The summed E-state index contributed by atoms with van der Waals surface area (Å²) in [7, 11) is 0. The molecular formula is C17H25NO4. The highest BCUT2D eigenvalue weighted by atomic mass is 16.5. The Labute approximate surface area is 131 Å². The molecule has 5 heteroatoms. The monoisotopic (exact) mass is 307 g/mol. The van der Waals surface area contributed by atoms with Gasteiger partial charge in [0.1, 0.15) is 6.04 Å². The van der Waals surface area contributed by atoms with E-state index in [0.29, 0.717) is 12.8 Å². The number of aryl methyl sites for hydroxylation is 1. The van der Waals surface area contributed by atoms with Crippen LogP contribution in [0.4, 0.5) is 0 Å². The van der Waals surface area contributed by atoms with Gasteiger partial charge in [0.05, 0.1) is 6.61 Å². The van der Waals surface area contributed by atoms with E-state index in [1.165, 1.54) is 0 Å². The summed E-state index contributed by atoms with van der Waals surface area (Å²) in [6.07, 6.45) is 1.36. The van der Waals surface area contributed by atoms with E-state index in [1.54, 1.807) is 13.8 Å². The molecule has 0 aliphatic rings.